The minimum absolute atomic E-state index is 0.0672. The van der Waals surface area contributed by atoms with Gasteiger partial charge in [0.05, 0.1) is 25.8 Å². The number of ether oxygens (including phenoxy) is 3. The summed E-state index contributed by atoms with van der Waals surface area (Å²) in [7, 11) is 7.58. The fraction of sp³-hybridized carbons (Fsp3) is 0.526. The molecular formula is C38H53N3O5. The van der Waals surface area contributed by atoms with E-state index in [2.05, 4.69) is 49.2 Å². The molecule has 4 rings (SSSR count). The SMILES string of the molecule is CCCC(Cc1cc(-c2ccc(OCCOC)cc2)cc(C(=O)NCc2c(OC)cc(C)[nH]c2=O)c1C)C1CCC(N(C)C)CC1. The quantitative estimate of drug-likeness (QED) is 0.181. The van der Waals surface area contributed by atoms with Crippen molar-refractivity contribution in [3.63, 3.8) is 0 Å². The van der Waals surface area contributed by atoms with E-state index in [4.69, 9.17) is 14.2 Å². The van der Waals surface area contributed by atoms with Crippen LogP contribution < -0.4 is 20.3 Å². The smallest absolute Gasteiger partial charge is 0.256 e. The molecule has 1 fully saturated rings. The Morgan fingerprint density at radius 3 is 2.35 bits per heavy atom. The van der Waals surface area contributed by atoms with Crippen molar-refractivity contribution >= 4 is 5.91 Å². The lowest BCUT2D eigenvalue weighted by Gasteiger charge is -2.37. The van der Waals surface area contributed by atoms with Gasteiger partial charge >= 0.3 is 0 Å². The number of aryl methyl sites for hydroxylation is 1. The van der Waals surface area contributed by atoms with Crippen LogP contribution >= 0.6 is 0 Å². The number of nitrogens with zero attached hydrogens (tertiary/aromatic N) is 1. The van der Waals surface area contributed by atoms with E-state index in [0.717, 1.165) is 35.3 Å². The fourth-order valence-electron chi connectivity index (χ4n) is 6.92. The summed E-state index contributed by atoms with van der Waals surface area (Å²) >= 11 is 0. The van der Waals surface area contributed by atoms with Crippen molar-refractivity contribution in [2.24, 2.45) is 11.8 Å². The normalized spacial score (nSPS) is 17.1. The number of rotatable bonds is 15. The number of benzene rings is 2. The predicted octanol–water partition coefficient (Wildman–Crippen LogP) is 6.70. The second kappa shape index (κ2) is 16.8. The lowest BCUT2D eigenvalue weighted by molar-refractivity contribution is 0.0949. The number of carbonyl (C=O) groups excluding carboxylic acids is 1. The molecule has 0 bridgehead atoms. The zero-order valence-corrected chi connectivity index (χ0v) is 28.8. The highest BCUT2D eigenvalue weighted by atomic mass is 16.5. The van der Waals surface area contributed by atoms with Crippen molar-refractivity contribution in [3.8, 4) is 22.6 Å². The molecule has 0 saturated heterocycles. The summed E-state index contributed by atoms with van der Waals surface area (Å²) in [6.45, 7) is 7.22. The molecule has 1 saturated carbocycles. The number of aromatic nitrogens is 1. The maximum Gasteiger partial charge on any atom is 0.256 e. The van der Waals surface area contributed by atoms with Gasteiger partial charge in [0, 0.05) is 24.4 Å². The number of aromatic amines is 1. The number of methoxy groups -OCH3 is 2. The molecule has 1 heterocycles. The molecule has 8 nitrogen and oxygen atoms in total. The molecule has 1 aliphatic carbocycles. The zero-order valence-electron chi connectivity index (χ0n) is 28.8. The maximum absolute atomic E-state index is 13.9. The van der Waals surface area contributed by atoms with Gasteiger partial charge in [-0.3, -0.25) is 9.59 Å². The van der Waals surface area contributed by atoms with Gasteiger partial charge in [-0.2, -0.15) is 0 Å². The molecule has 1 aliphatic rings. The Hall–Kier alpha value is -3.62. The molecule has 1 unspecified atom stereocenters. The van der Waals surface area contributed by atoms with Crippen molar-refractivity contribution < 1.29 is 19.0 Å². The van der Waals surface area contributed by atoms with E-state index in [-0.39, 0.29) is 18.0 Å². The highest BCUT2D eigenvalue weighted by Gasteiger charge is 2.29. The summed E-state index contributed by atoms with van der Waals surface area (Å²) in [6, 6.07) is 14.7. The standard InChI is InChI=1S/C38H53N3O5/c1-8-9-29(27-10-14-32(15-11-27)41(4)5)21-30-22-31(28-12-16-33(17-13-28)46-19-18-44-6)23-34(26(30)3)37(42)39-24-35-36(45-7)20-25(2)40-38(35)43/h12-13,16-17,20,22-23,27,29,32H,8-11,14-15,18-19,21,24H2,1-7H3,(H,39,42)(H,40,43). The number of nitrogens with one attached hydrogen (secondary N) is 2. The molecule has 250 valence electrons. The first-order chi connectivity index (χ1) is 22.1. The summed E-state index contributed by atoms with van der Waals surface area (Å²) < 4.78 is 16.4. The molecular weight excluding hydrogens is 578 g/mol. The first-order valence-electron chi connectivity index (χ1n) is 16.7. The molecule has 2 N–H and O–H groups in total. The third kappa shape index (κ3) is 9.01. The van der Waals surface area contributed by atoms with Crippen LogP contribution in [-0.2, 0) is 17.7 Å². The van der Waals surface area contributed by atoms with Crippen molar-refractivity contribution in [1.29, 1.82) is 0 Å². The van der Waals surface area contributed by atoms with Crippen LogP contribution in [0.5, 0.6) is 11.5 Å². The number of H-pyrrole nitrogens is 1. The van der Waals surface area contributed by atoms with Crippen LogP contribution in [0.15, 0.2) is 47.3 Å². The number of pyridine rings is 1. The Kier molecular flexibility index (Phi) is 12.9. The van der Waals surface area contributed by atoms with Crippen LogP contribution in [-0.4, -0.2) is 63.4 Å². The topological polar surface area (TPSA) is 92.9 Å². The van der Waals surface area contributed by atoms with Gasteiger partial charge in [-0.15, -0.1) is 0 Å². The molecule has 1 amide bonds. The number of carbonyl (C=O) groups is 1. The van der Waals surface area contributed by atoms with E-state index >= 15 is 0 Å². The largest absolute Gasteiger partial charge is 0.496 e. The molecule has 2 aromatic carbocycles. The lowest BCUT2D eigenvalue weighted by atomic mass is 9.73. The monoisotopic (exact) mass is 631 g/mol. The van der Waals surface area contributed by atoms with Crippen molar-refractivity contribution in [1.82, 2.24) is 15.2 Å². The predicted molar refractivity (Wildman–Crippen MR) is 185 cm³/mol. The number of hydrogen-bond acceptors (Lipinski definition) is 6. The van der Waals surface area contributed by atoms with Gasteiger partial charge in [-0.25, -0.2) is 0 Å². The average Bonchev–Trinajstić information content (AvgIpc) is 3.05. The highest BCUT2D eigenvalue weighted by Crippen LogP contribution is 2.37. The van der Waals surface area contributed by atoms with E-state index < -0.39 is 0 Å². The Morgan fingerprint density at radius 2 is 1.72 bits per heavy atom. The maximum atomic E-state index is 13.9. The molecule has 46 heavy (non-hydrogen) atoms. The third-order valence-corrected chi connectivity index (χ3v) is 9.66. The van der Waals surface area contributed by atoms with Gasteiger partial charge in [0.25, 0.3) is 11.5 Å². The molecule has 8 heteroatoms. The van der Waals surface area contributed by atoms with Gasteiger partial charge in [0.15, 0.2) is 0 Å². The first-order valence-corrected chi connectivity index (χ1v) is 16.7. The van der Waals surface area contributed by atoms with Crippen molar-refractivity contribution in [3.05, 3.63) is 80.8 Å². The minimum atomic E-state index is -0.262. The summed E-state index contributed by atoms with van der Waals surface area (Å²) in [5, 5.41) is 3.02. The Morgan fingerprint density at radius 1 is 1.00 bits per heavy atom. The Bertz CT molecular complexity index is 1490. The minimum Gasteiger partial charge on any atom is -0.496 e. The van der Waals surface area contributed by atoms with Crippen LogP contribution in [0.25, 0.3) is 11.1 Å². The van der Waals surface area contributed by atoms with Gasteiger partial charge < -0.3 is 29.4 Å². The molecule has 0 radical (unpaired) electrons. The third-order valence-electron chi connectivity index (χ3n) is 9.66. The molecule has 1 atom stereocenters. The van der Waals surface area contributed by atoms with Gasteiger partial charge in [-0.05, 0) is 118 Å². The zero-order chi connectivity index (χ0) is 33.2. The van der Waals surface area contributed by atoms with Crippen LogP contribution in [0, 0.1) is 25.7 Å². The van der Waals surface area contributed by atoms with Gasteiger partial charge in [0.2, 0.25) is 0 Å². The van der Waals surface area contributed by atoms with E-state index in [0.29, 0.717) is 53.7 Å². The molecule has 3 aromatic rings. The Balaban J connectivity index is 1.66. The van der Waals surface area contributed by atoms with Crippen LogP contribution in [0.4, 0.5) is 0 Å². The summed E-state index contributed by atoms with van der Waals surface area (Å²) in [5.74, 6) is 2.28. The summed E-state index contributed by atoms with van der Waals surface area (Å²) in [5.41, 5.74) is 5.68. The van der Waals surface area contributed by atoms with E-state index in [1.807, 2.05) is 30.3 Å². The highest BCUT2D eigenvalue weighted by molar-refractivity contribution is 5.97. The first kappa shape index (κ1) is 35.2. The van der Waals surface area contributed by atoms with Gasteiger partial charge in [-0.1, -0.05) is 38.0 Å². The van der Waals surface area contributed by atoms with Crippen molar-refractivity contribution in [2.45, 2.75) is 78.3 Å². The van der Waals surface area contributed by atoms with Crippen LogP contribution in [0.3, 0.4) is 0 Å². The van der Waals surface area contributed by atoms with Crippen LogP contribution in [0.1, 0.15) is 78.2 Å². The second-order valence-corrected chi connectivity index (χ2v) is 13.0. The Labute approximate surface area is 274 Å². The molecule has 1 aromatic heterocycles. The summed E-state index contributed by atoms with van der Waals surface area (Å²) in [6.07, 6.45) is 8.23. The number of hydrogen-bond donors (Lipinski definition) is 2. The second-order valence-electron chi connectivity index (χ2n) is 13.0. The van der Waals surface area contributed by atoms with Crippen LogP contribution in [0.2, 0.25) is 0 Å². The average molecular weight is 632 g/mol. The van der Waals surface area contributed by atoms with E-state index in [9.17, 15) is 9.59 Å². The number of amides is 1. The lowest BCUT2D eigenvalue weighted by Crippen LogP contribution is -2.34. The molecule has 0 aliphatic heterocycles. The van der Waals surface area contributed by atoms with Crippen molar-refractivity contribution in [2.75, 3.05) is 41.5 Å². The summed E-state index contributed by atoms with van der Waals surface area (Å²) in [4.78, 5) is 31.8. The van der Waals surface area contributed by atoms with Gasteiger partial charge in [0.1, 0.15) is 18.1 Å². The van der Waals surface area contributed by atoms with E-state index in [1.54, 1.807) is 20.1 Å². The fourth-order valence-corrected chi connectivity index (χ4v) is 6.92. The molecule has 0 spiro atoms. The van der Waals surface area contributed by atoms with E-state index in [1.165, 1.54) is 44.8 Å².